The fourth-order valence-corrected chi connectivity index (χ4v) is 3.32. The average Bonchev–Trinajstić information content (AvgIpc) is 2.57. The van der Waals surface area contributed by atoms with Crippen molar-refractivity contribution in [3.63, 3.8) is 0 Å². The molecule has 1 atom stereocenters. The summed E-state index contributed by atoms with van der Waals surface area (Å²) in [6, 6.07) is 4.66. The summed E-state index contributed by atoms with van der Waals surface area (Å²) in [6.45, 7) is 3.21. The summed E-state index contributed by atoms with van der Waals surface area (Å²) < 4.78 is 1.19. The smallest absolute Gasteiger partial charge is 0.0701 e. The maximum atomic E-state index is 9.17. The Hall–Kier alpha value is 0.1000. The van der Waals surface area contributed by atoms with Crippen molar-refractivity contribution in [3.05, 3.63) is 20.8 Å². The van der Waals surface area contributed by atoms with Gasteiger partial charge in [0.1, 0.15) is 0 Å². The molecule has 0 bridgehead atoms. The Morgan fingerprint density at radius 1 is 1.60 bits per heavy atom. The van der Waals surface area contributed by atoms with E-state index >= 15 is 0 Å². The van der Waals surface area contributed by atoms with Crippen molar-refractivity contribution in [1.29, 1.82) is 0 Å². The van der Waals surface area contributed by atoms with E-state index in [0.717, 1.165) is 19.4 Å². The Bertz CT molecular complexity index is 322. The minimum atomic E-state index is -0.0389. The summed E-state index contributed by atoms with van der Waals surface area (Å²) in [5.41, 5.74) is 0. The van der Waals surface area contributed by atoms with Gasteiger partial charge in [-0.15, -0.1) is 11.3 Å². The molecule has 84 valence electrons. The van der Waals surface area contributed by atoms with Gasteiger partial charge in [-0.05, 0) is 60.3 Å². The molecule has 0 aliphatic heterocycles. The van der Waals surface area contributed by atoms with Gasteiger partial charge in [0, 0.05) is 10.9 Å². The molecule has 15 heavy (non-hydrogen) atoms. The van der Waals surface area contributed by atoms with E-state index in [4.69, 9.17) is 0 Å². The summed E-state index contributed by atoms with van der Waals surface area (Å²) in [5, 5.41) is 12.7. The lowest BCUT2D eigenvalue weighted by atomic mass is 9.82. The molecule has 2 nitrogen and oxygen atoms in total. The number of halogens is 1. The molecule has 0 radical (unpaired) electrons. The van der Waals surface area contributed by atoms with E-state index in [0.29, 0.717) is 12.0 Å². The van der Waals surface area contributed by atoms with Crippen LogP contribution in [-0.4, -0.2) is 17.8 Å². The van der Waals surface area contributed by atoms with Crippen molar-refractivity contribution in [3.8, 4) is 0 Å². The topological polar surface area (TPSA) is 32.3 Å². The lowest BCUT2D eigenvalue weighted by Crippen LogP contribution is -2.36. The monoisotopic (exact) mass is 289 g/mol. The molecule has 1 unspecified atom stereocenters. The van der Waals surface area contributed by atoms with Gasteiger partial charge in [-0.1, -0.05) is 0 Å². The number of hydrogen-bond acceptors (Lipinski definition) is 3. The third kappa shape index (κ3) is 3.03. The third-order valence-electron chi connectivity index (χ3n) is 2.94. The van der Waals surface area contributed by atoms with Gasteiger partial charge in [-0.2, -0.15) is 0 Å². The Morgan fingerprint density at radius 3 is 2.87 bits per heavy atom. The van der Waals surface area contributed by atoms with Gasteiger partial charge in [0.25, 0.3) is 0 Å². The van der Waals surface area contributed by atoms with Crippen molar-refractivity contribution >= 4 is 27.3 Å². The molecule has 1 aromatic heterocycles. The van der Waals surface area contributed by atoms with E-state index in [-0.39, 0.29) is 6.10 Å². The van der Waals surface area contributed by atoms with E-state index in [1.54, 1.807) is 11.3 Å². The van der Waals surface area contributed by atoms with Gasteiger partial charge >= 0.3 is 0 Å². The van der Waals surface area contributed by atoms with Gasteiger partial charge < -0.3 is 10.4 Å². The van der Waals surface area contributed by atoms with Crippen molar-refractivity contribution in [2.45, 2.75) is 31.9 Å². The van der Waals surface area contributed by atoms with Crippen LogP contribution in [0.15, 0.2) is 15.9 Å². The molecule has 4 heteroatoms. The van der Waals surface area contributed by atoms with Crippen LogP contribution in [0.2, 0.25) is 0 Å². The second-order valence-electron chi connectivity index (χ2n) is 4.26. The van der Waals surface area contributed by atoms with E-state index in [1.807, 2.05) is 0 Å². The maximum absolute atomic E-state index is 9.17. The van der Waals surface area contributed by atoms with Gasteiger partial charge in [-0.3, -0.25) is 0 Å². The van der Waals surface area contributed by atoms with E-state index in [1.165, 1.54) is 8.66 Å². The second kappa shape index (κ2) is 4.95. The summed E-state index contributed by atoms with van der Waals surface area (Å²) in [4.78, 5) is 1.36. The summed E-state index contributed by atoms with van der Waals surface area (Å²) in [6.07, 6.45) is 1.89. The SMILES string of the molecule is CC(NCC1CC(O)C1)c1ccc(Br)s1. The van der Waals surface area contributed by atoms with Crippen LogP contribution >= 0.6 is 27.3 Å². The first-order chi connectivity index (χ1) is 7.15. The Labute approximate surface area is 103 Å². The molecule has 1 fully saturated rings. The molecule has 0 aromatic carbocycles. The van der Waals surface area contributed by atoms with Crippen molar-refractivity contribution < 1.29 is 5.11 Å². The predicted octanol–water partition coefficient (Wildman–Crippen LogP) is 2.93. The summed E-state index contributed by atoms with van der Waals surface area (Å²) in [7, 11) is 0. The molecule has 0 spiro atoms. The molecule has 2 N–H and O–H groups in total. The van der Waals surface area contributed by atoms with Crippen LogP contribution in [0, 0.1) is 5.92 Å². The van der Waals surface area contributed by atoms with E-state index in [9.17, 15) is 5.11 Å². The van der Waals surface area contributed by atoms with Crippen LogP contribution in [0.5, 0.6) is 0 Å². The lowest BCUT2D eigenvalue weighted by Gasteiger charge is -2.32. The van der Waals surface area contributed by atoms with Crippen LogP contribution in [0.3, 0.4) is 0 Å². The number of aliphatic hydroxyl groups is 1. The Morgan fingerprint density at radius 2 is 2.33 bits per heavy atom. The fraction of sp³-hybridized carbons (Fsp3) is 0.636. The normalized spacial score (nSPS) is 27.4. The highest BCUT2D eigenvalue weighted by molar-refractivity contribution is 9.11. The van der Waals surface area contributed by atoms with Gasteiger partial charge in [0.05, 0.1) is 9.89 Å². The standard InChI is InChI=1S/C11H16BrNOS/c1-7(10-2-3-11(12)15-10)13-6-8-4-9(14)5-8/h2-3,7-9,13-14H,4-6H2,1H3. The quantitative estimate of drug-likeness (QED) is 0.893. The van der Waals surface area contributed by atoms with Crippen molar-refractivity contribution in [2.24, 2.45) is 5.92 Å². The average molecular weight is 290 g/mol. The Balaban J connectivity index is 1.75. The number of aliphatic hydroxyl groups excluding tert-OH is 1. The largest absolute Gasteiger partial charge is 0.393 e. The second-order valence-corrected chi connectivity index (χ2v) is 6.76. The molecular formula is C11H16BrNOS. The highest BCUT2D eigenvalue weighted by Gasteiger charge is 2.27. The molecule has 2 rings (SSSR count). The highest BCUT2D eigenvalue weighted by atomic mass is 79.9. The lowest BCUT2D eigenvalue weighted by molar-refractivity contribution is 0.0421. The molecule has 0 saturated heterocycles. The first kappa shape index (κ1) is 11.6. The number of rotatable bonds is 4. The number of nitrogens with one attached hydrogen (secondary N) is 1. The molecule has 1 aliphatic rings. The highest BCUT2D eigenvalue weighted by Crippen LogP contribution is 2.29. The summed E-state index contributed by atoms with van der Waals surface area (Å²) >= 11 is 5.25. The first-order valence-electron chi connectivity index (χ1n) is 5.32. The van der Waals surface area contributed by atoms with Crippen LogP contribution in [0.25, 0.3) is 0 Å². The number of hydrogen-bond donors (Lipinski definition) is 2. The number of thiophene rings is 1. The molecular weight excluding hydrogens is 274 g/mol. The molecule has 1 aromatic rings. The van der Waals surface area contributed by atoms with Crippen LogP contribution in [0.1, 0.15) is 30.7 Å². The molecule has 0 amide bonds. The zero-order chi connectivity index (χ0) is 10.8. The summed E-state index contributed by atoms with van der Waals surface area (Å²) in [5.74, 6) is 0.672. The van der Waals surface area contributed by atoms with Gasteiger partial charge in [-0.25, -0.2) is 0 Å². The minimum absolute atomic E-state index is 0.0389. The minimum Gasteiger partial charge on any atom is -0.393 e. The van der Waals surface area contributed by atoms with Gasteiger partial charge in [0.2, 0.25) is 0 Å². The van der Waals surface area contributed by atoms with Crippen molar-refractivity contribution in [1.82, 2.24) is 5.32 Å². The van der Waals surface area contributed by atoms with Gasteiger partial charge in [0.15, 0.2) is 0 Å². The zero-order valence-electron chi connectivity index (χ0n) is 8.74. The molecule has 1 aliphatic carbocycles. The van der Waals surface area contributed by atoms with E-state index in [2.05, 4.69) is 40.3 Å². The Kier molecular flexibility index (Phi) is 3.83. The third-order valence-corrected chi connectivity index (χ3v) is 4.75. The fourth-order valence-electron chi connectivity index (χ4n) is 1.87. The van der Waals surface area contributed by atoms with Crippen molar-refractivity contribution in [2.75, 3.05) is 6.54 Å². The molecule has 1 saturated carbocycles. The van der Waals surface area contributed by atoms with E-state index < -0.39 is 0 Å². The predicted molar refractivity (Wildman–Crippen MR) is 67.2 cm³/mol. The zero-order valence-corrected chi connectivity index (χ0v) is 11.1. The first-order valence-corrected chi connectivity index (χ1v) is 6.93. The molecule has 1 heterocycles. The maximum Gasteiger partial charge on any atom is 0.0701 e. The van der Waals surface area contributed by atoms with Crippen LogP contribution in [-0.2, 0) is 0 Å². The van der Waals surface area contributed by atoms with Crippen LogP contribution in [0.4, 0.5) is 0 Å². The van der Waals surface area contributed by atoms with Crippen LogP contribution < -0.4 is 5.32 Å².